The molecule has 0 atom stereocenters. The minimum atomic E-state index is -0.0955. The van der Waals surface area contributed by atoms with Crippen LogP contribution in [-0.2, 0) is 0 Å². The molecule has 0 fully saturated rings. The molecule has 2 aromatic heterocycles. The van der Waals surface area contributed by atoms with Crippen LogP contribution in [0, 0.1) is 6.92 Å². The molecular weight excluding hydrogens is 346 g/mol. The number of nitrogens with zero attached hydrogens (tertiary/aromatic N) is 5. The van der Waals surface area contributed by atoms with Crippen molar-refractivity contribution in [3.8, 4) is 0 Å². The Morgan fingerprint density at radius 2 is 2.00 bits per heavy atom. The van der Waals surface area contributed by atoms with E-state index < -0.39 is 0 Å². The van der Waals surface area contributed by atoms with Gasteiger partial charge in [0.25, 0.3) is 11.7 Å². The first-order valence-corrected chi connectivity index (χ1v) is 9.60. The fraction of sp³-hybridized carbons (Fsp3) is 0.368. The van der Waals surface area contributed by atoms with E-state index >= 15 is 0 Å². The number of hydrogen-bond acceptors (Lipinski definition) is 5. The summed E-state index contributed by atoms with van der Waals surface area (Å²) in [4.78, 5) is 24.2. The number of carbonyl (C=O) groups excluding carboxylic acids is 1. The van der Waals surface area contributed by atoms with E-state index in [4.69, 9.17) is 0 Å². The van der Waals surface area contributed by atoms with E-state index in [9.17, 15) is 4.79 Å². The number of aryl methyl sites for hydroxylation is 1. The van der Waals surface area contributed by atoms with Crippen molar-refractivity contribution in [2.24, 2.45) is 0 Å². The van der Waals surface area contributed by atoms with Crippen molar-refractivity contribution in [1.82, 2.24) is 24.5 Å². The zero-order valence-corrected chi connectivity index (χ0v) is 16.3. The Kier molecular flexibility index (Phi) is 5.56. The topological polar surface area (TPSA) is 63.4 Å². The van der Waals surface area contributed by atoms with E-state index in [0.717, 1.165) is 11.4 Å². The van der Waals surface area contributed by atoms with Gasteiger partial charge in [0.1, 0.15) is 12.0 Å². The summed E-state index contributed by atoms with van der Waals surface area (Å²) in [5.41, 5.74) is 2.59. The number of carbonyl (C=O) groups is 1. The van der Waals surface area contributed by atoms with Gasteiger partial charge in [-0.05, 0) is 31.0 Å². The molecule has 0 saturated heterocycles. The van der Waals surface area contributed by atoms with Gasteiger partial charge in [0.2, 0.25) is 0 Å². The Labute approximate surface area is 157 Å². The SMILES string of the molecule is Cc1ccc(SCCN(C)C(=O)c2cc(C(C)C)n3ncnc3n2)cc1. The van der Waals surface area contributed by atoms with Crippen LogP contribution in [0.15, 0.2) is 41.6 Å². The highest BCUT2D eigenvalue weighted by Crippen LogP contribution is 2.19. The van der Waals surface area contributed by atoms with Crippen LogP contribution in [0.5, 0.6) is 0 Å². The molecule has 3 rings (SSSR count). The zero-order valence-electron chi connectivity index (χ0n) is 15.5. The van der Waals surface area contributed by atoms with Gasteiger partial charge in [-0.2, -0.15) is 10.1 Å². The van der Waals surface area contributed by atoms with Gasteiger partial charge in [0, 0.05) is 24.2 Å². The molecular formula is C19H23N5OS. The van der Waals surface area contributed by atoms with Crippen LogP contribution in [0.2, 0.25) is 0 Å². The third-order valence-corrected chi connectivity index (χ3v) is 5.15. The minimum Gasteiger partial charge on any atom is -0.340 e. The molecule has 0 aliphatic carbocycles. The molecule has 1 aromatic carbocycles. The Morgan fingerprint density at radius 1 is 1.27 bits per heavy atom. The highest BCUT2D eigenvalue weighted by molar-refractivity contribution is 7.99. The summed E-state index contributed by atoms with van der Waals surface area (Å²) in [5.74, 6) is 1.41. The van der Waals surface area contributed by atoms with Crippen molar-refractivity contribution in [2.75, 3.05) is 19.3 Å². The van der Waals surface area contributed by atoms with Crippen LogP contribution in [0.1, 0.15) is 41.5 Å². The van der Waals surface area contributed by atoms with E-state index in [2.05, 4.69) is 60.1 Å². The molecule has 0 aliphatic rings. The first kappa shape index (κ1) is 18.4. The Hall–Kier alpha value is -2.41. The fourth-order valence-electron chi connectivity index (χ4n) is 2.59. The molecule has 136 valence electrons. The summed E-state index contributed by atoms with van der Waals surface area (Å²) in [6, 6.07) is 10.2. The maximum absolute atomic E-state index is 12.8. The summed E-state index contributed by atoms with van der Waals surface area (Å²) in [6.45, 7) is 6.85. The molecule has 0 radical (unpaired) electrons. The van der Waals surface area contributed by atoms with E-state index in [0.29, 0.717) is 18.0 Å². The van der Waals surface area contributed by atoms with Crippen molar-refractivity contribution in [1.29, 1.82) is 0 Å². The highest BCUT2D eigenvalue weighted by atomic mass is 32.2. The molecule has 7 heteroatoms. The van der Waals surface area contributed by atoms with Gasteiger partial charge < -0.3 is 4.90 Å². The number of amides is 1. The van der Waals surface area contributed by atoms with E-state index in [1.54, 1.807) is 21.2 Å². The van der Waals surface area contributed by atoms with Crippen molar-refractivity contribution < 1.29 is 4.79 Å². The van der Waals surface area contributed by atoms with Gasteiger partial charge in [-0.3, -0.25) is 4.79 Å². The molecule has 1 amide bonds. The lowest BCUT2D eigenvalue weighted by Crippen LogP contribution is -2.30. The fourth-order valence-corrected chi connectivity index (χ4v) is 3.52. The van der Waals surface area contributed by atoms with Crippen LogP contribution >= 0.6 is 11.8 Å². The van der Waals surface area contributed by atoms with Crippen LogP contribution in [0.4, 0.5) is 0 Å². The largest absolute Gasteiger partial charge is 0.340 e. The maximum atomic E-state index is 12.8. The highest BCUT2D eigenvalue weighted by Gasteiger charge is 2.18. The summed E-state index contributed by atoms with van der Waals surface area (Å²) in [6.07, 6.45) is 1.46. The van der Waals surface area contributed by atoms with Gasteiger partial charge in [-0.15, -0.1) is 11.8 Å². The van der Waals surface area contributed by atoms with E-state index in [-0.39, 0.29) is 11.8 Å². The summed E-state index contributed by atoms with van der Waals surface area (Å²) < 4.78 is 1.69. The number of hydrogen-bond donors (Lipinski definition) is 0. The van der Waals surface area contributed by atoms with E-state index in [1.807, 2.05) is 13.1 Å². The van der Waals surface area contributed by atoms with Crippen molar-refractivity contribution in [3.05, 3.63) is 53.6 Å². The Balaban J connectivity index is 1.68. The van der Waals surface area contributed by atoms with Crippen LogP contribution in [0.3, 0.4) is 0 Å². The summed E-state index contributed by atoms with van der Waals surface area (Å²) >= 11 is 1.74. The van der Waals surface area contributed by atoms with Gasteiger partial charge >= 0.3 is 0 Å². The first-order chi connectivity index (χ1) is 12.5. The quantitative estimate of drug-likeness (QED) is 0.623. The Morgan fingerprint density at radius 3 is 2.69 bits per heavy atom. The summed E-state index contributed by atoms with van der Waals surface area (Å²) in [5, 5.41) is 4.19. The lowest BCUT2D eigenvalue weighted by molar-refractivity contribution is 0.0798. The number of fused-ring (bicyclic) bond motifs is 1. The zero-order chi connectivity index (χ0) is 18.7. The molecule has 0 N–H and O–H groups in total. The average molecular weight is 369 g/mol. The molecule has 3 aromatic rings. The van der Waals surface area contributed by atoms with Gasteiger partial charge in [-0.25, -0.2) is 9.50 Å². The molecule has 0 unspecified atom stereocenters. The maximum Gasteiger partial charge on any atom is 0.272 e. The third-order valence-electron chi connectivity index (χ3n) is 4.15. The predicted molar refractivity (Wildman–Crippen MR) is 104 cm³/mol. The second-order valence-electron chi connectivity index (χ2n) is 6.58. The third kappa shape index (κ3) is 4.04. The van der Waals surface area contributed by atoms with Crippen molar-refractivity contribution >= 4 is 23.4 Å². The normalized spacial score (nSPS) is 11.3. The number of benzene rings is 1. The van der Waals surface area contributed by atoms with Crippen molar-refractivity contribution in [2.45, 2.75) is 31.6 Å². The monoisotopic (exact) mass is 369 g/mol. The molecule has 0 aliphatic heterocycles. The van der Waals surface area contributed by atoms with Gasteiger partial charge in [-0.1, -0.05) is 31.5 Å². The predicted octanol–water partition coefficient (Wildman–Crippen LogP) is 3.42. The van der Waals surface area contributed by atoms with Gasteiger partial charge in [0.15, 0.2) is 0 Å². The molecule has 2 heterocycles. The number of thioether (sulfide) groups is 1. The number of rotatable bonds is 6. The van der Waals surface area contributed by atoms with Crippen LogP contribution in [-0.4, -0.2) is 49.7 Å². The lowest BCUT2D eigenvalue weighted by atomic mass is 10.1. The van der Waals surface area contributed by atoms with Crippen LogP contribution in [0.25, 0.3) is 5.78 Å². The molecule has 26 heavy (non-hydrogen) atoms. The second-order valence-corrected chi connectivity index (χ2v) is 7.75. The first-order valence-electron chi connectivity index (χ1n) is 8.61. The lowest BCUT2D eigenvalue weighted by Gasteiger charge is -2.17. The second kappa shape index (κ2) is 7.86. The number of aromatic nitrogens is 4. The Bertz CT molecular complexity index is 904. The van der Waals surface area contributed by atoms with Crippen LogP contribution < -0.4 is 0 Å². The standard InChI is InChI=1S/C19H23N5OS/c1-13(2)17-11-16(22-19-20-12-21-24(17)19)18(25)23(4)9-10-26-15-7-5-14(3)6-8-15/h5-8,11-13H,9-10H2,1-4H3. The molecule has 0 bridgehead atoms. The molecule has 6 nitrogen and oxygen atoms in total. The van der Waals surface area contributed by atoms with Gasteiger partial charge in [0.05, 0.1) is 5.69 Å². The minimum absolute atomic E-state index is 0.0955. The van der Waals surface area contributed by atoms with E-state index in [1.165, 1.54) is 16.8 Å². The average Bonchev–Trinajstić information content (AvgIpc) is 3.10. The molecule has 0 spiro atoms. The summed E-state index contributed by atoms with van der Waals surface area (Å²) in [7, 11) is 1.81. The smallest absolute Gasteiger partial charge is 0.272 e. The molecule has 0 saturated carbocycles. The van der Waals surface area contributed by atoms with Crippen molar-refractivity contribution in [3.63, 3.8) is 0 Å².